The van der Waals surface area contributed by atoms with E-state index < -0.39 is 0 Å². The number of hydrogen-bond acceptors (Lipinski definition) is 4. The number of fused-ring (bicyclic) bond motifs is 2. The third-order valence-electron chi connectivity index (χ3n) is 4.87. The molecule has 0 saturated carbocycles. The van der Waals surface area contributed by atoms with E-state index in [2.05, 4.69) is 9.97 Å². The summed E-state index contributed by atoms with van der Waals surface area (Å²) in [5, 5.41) is 1.23. The molecule has 0 amide bonds. The van der Waals surface area contributed by atoms with E-state index in [9.17, 15) is 9.59 Å². The molecule has 0 saturated heterocycles. The van der Waals surface area contributed by atoms with Crippen LogP contribution in [0.2, 0.25) is 0 Å². The Kier molecular flexibility index (Phi) is 4.32. The van der Waals surface area contributed by atoms with Crippen LogP contribution < -0.4 is 11.1 Å². The van der Waals surface area contributed by atoms with E-state index in [1.165, 1.54) is 0 Å². The second-order valence-electron chi connectivity index (χ2n) is 6.62. The summed E-state index contributed by atoms with van der Waals surface area (Å²) in [6, 6.07) is 14.7. The van der Waals surface area contributed by atoms with Crippen molar-refractivity contribution in [1.29, 1.82) is 0 Å². The molecule has 4 rings (SSSR count). The normalized spacial score (nSPS) is 11.3. The Balaban J connectivity index is 1.63. The number of aryl methyl sites for hydroxylation is 2. The Hall–Kier alpha value is -3.28. The quantitative estimate of drug-likeness (QED) is 0.561. The lowest BCUT2D eigenvalue weighted by molar-refractivity contribution is 0.522. The molecule has 0 N–H and O–H groups in total. The van der Waals surface area contributed by atoms with Crippen LogP contribution in [0.5, 0.6) is 0 Å². The highest BCUT2D eigenvalue weighted by Gasteiger charge is 2.10. The van der Waals surface area contributed by atoms with Crippen LogP contribution in [0.4, 0.5) is 0 Å². The molecule has 27 heavy (non-hydrogen) atoms. The summed E-state index contributed by atoms with van der Waals surface area (Å²) in [6.07, 6.45) is 0.640. The van der Waals surface area contributed by atoms with Gasteiger partial charge in [0.2, 0.25) is 0 Å². The Morgan fingerprint density at radius 1 is 0.704 bits per heavy atom. The molecule has 0 unspecified atom stereocenters. The van der Waals surface area contributed by atoms with Crippen LogP contribution >= 0.6 is 0 Å². The summed E-state index contributed by atoms with van der Waals surface area (Å²) in [6.45, 7) is 4.67. The molecule has 0 aliphatic rings. The lowest BCUT2D eigenvalue weighted by Gasteiger charge is -2.13. The van der Waals surface area contributed by atoms with Crippen molar-refractivity contribution in [2.45, 2.75) is 33.4 Å². The molecular weight excluding hydrogens is 340 g/mol. The van der Waals surface area contributed by atoms with E-state index in [1.807, 2.05) is 50.2 Å². The molecule has 6 heteroatoms. The van der Waals surface area contributed by atoms with Gasteiger partial charge in [0.1, 0.15) is 11.6 Å². The molecule has 2 aromatic carbocycles. The first-order valence-electron chi connectivity index (χ1n) is 8.98. The number of para-hydroxylation sites is 2. The first-order chi connectivity index (χ1) is 13.1. The number of benzene rings is 2. The predicted octanol–water partition coefficient (Wildman–Crippen LogP) is 2.81. The maximum Gasteiger partial charge on any atom is 0.261 e. The summed E-state index contributed by atoms with van der Waals surface area (Å²) in [4.78, 5) is 34.5. The molecule has 2 aromatic heterocycles. The van der Waals surface area contributed by atoms with Crippen LogP contribution in [0.25, 0.3) is 21.8 Å². The van der Waals surface area contributed by atoms with Crippen molar-refractivity contribution in [3.63, 3.8) is 0 Å². The fraction of sp³-hybridized carbons (Fsp3) is 0.238. The molecule has 136 valence electrons. The molecule has 4 aromatic rings. The van der Waals surface area contributed by atoms with E-state index >= 15 is 0 Å². The van der Waals surface area contributed by atoms with Gasteiger partial charge in [-0.05, 0) is 44.5 Å². The van der Waals surface area contributed by atoms with Crippen LogP contribution in [0.1, 0.15) is 18.1 Å². The van der Waals surface area contributed by atoms with Gasteiger partial charge in [-0.15, -0.1) is 0 Å². The molecule has 0 aliphatic heterocycles. The topological polar surface area (TPSA) is 69.8 Å². The highest BCUT2D eigenvalue weighted by Crippen LogP contribution is 2.10. The van der Waals surface area contributed by atoms with Gasteiger partial charge in [0.05, 0.1) is 21.8 Å². The predicted molar refractivity (Wildman–Crippen MR) is 106 cm³/mol. The van der Waals surface area contributed by atoms with E-state index in [-0.39, 0.29) is 11.1 Å². The molecule has 0 bridgehead atoms. The molecule has 2 heterocycles. The summed E-state index contributed by atoms with van der Waals surface area (Å²) in [5.41, 5.74) is 1.33. The Morgan fingerprint density at radius 3 is 1.56 bits per heavy atom. The SMILES string of the molecule is Cc1nc2ccccc2c(=O)n1CCCn1c(C)nc2ccccc2c1=O. The molecule has 0 fully saturated rings. The number of nitrogens with zero attached hydrogens (tertiary/aromatic N) is 4. The monoisotopic (exact) mass is 360 g/mol. The van der Waals surface area contributed by atoms with Gasteiger partial charge in [-0.2, -0.15) is 0 Å². The third kappa shape index (κ3) is 3.03. The van der Waals surface area contributed by atoms with E-state index in [4.69, 9.17) is 0 Å². The van der Waals surface area contributed by atoms with Gasteiger partial charge in [-0.3, -0.25) is 18.7 Å². The largest absolute Gasteiger partial charge is 0.296 e. The van der Waals surface area contributed by atoms with Crippen molar-refractivity contribution in [2.24, 2.45) is 0 Å². The van der Waals surface area contributed by atoms with Crippen molar-refractivity contribution < 1.29 is 0 Å². The summed E-state index contributed by atoms with van der Waals surface area (Å²) >= 11 is 0. The van der Waals surface area contributed by atoms with Crippen LogP contribution in [0.3, 0.4) is 0 Å². The van der Waals surface area contributed by atoms with Gasteiger partial charge < -0.3 is 0 Å². The minimum atomic E-state index is -0.0428. The second kappa shape index (κ2) is 6.79. The summed E-state index contributed by atoms with van der Waals surface area (Å²) in [5.74, 6) is 1.36. The zero-order valence-electron chi connectivity index (χ0n) is 15.3. The molecule has 0 spiro atoms. The Morgan fingerprint density at radius 2 is 1.11 bits per heavy atom. The minimum Gasteiger partial charge on any atom is -0.296 e. The number of rotatable bonds is 4. The van der Waals surface area contributed by atoms with Crippen molar-refractivity contribution in [3.05, 3.63) is 80.9 Å². The van der Waals surface area contributed by atoms with E-state index in [0.29, 0.717) is 53.0 Å². The fourth-order valence-electron chi connectivity index (χ4n) is 3.47. The molecule has 0 atom stereocenters. The van der Waals surface area contributed by atoms with Gasteiger partial charge in [-0.25, -0.2) is 9.97 Å². The maximum absolute atomic E-state index is 12.7. The molecule has 0 aliphatic carbocycles. The van der Waals surface area contributed by atoms with E-state index in [0.717, 1.165) is 0 Å². The van der Waals surface area contributed by atoms with Gasteiger partial charge in [-0.1, -0.05) is 24.3 Å². The summed E-state index contributed by atoms with van der Waals surface area (Å²) < 4.78 is 3.36. The Bertz CT molecular complexity index is 1170. The van der Waals surface area contributed by atoms with Gasteiger partial charge in [0.15, 0.2) is 0 Å². The van der Waals surface area contributed by atoms with Gasteiger partial charge in [0.25, 0.3) is 11.1 Å². The average Bonchev–Trinajstić information content (AvgIpc) is 2.66. The van der Waals surface area contributed by atoms with E-state index in [1.54, 1.807) is 21.3 Å². The smallest absolute Gasteiger partial charge is 0.261 e. The van der Waals surface area contributed by atoms with Crippen LogP contribution in [-0.2, 0) is 13.1 Å². The lowest BCUT2D eigenvalue weighted by Crippen LogP contribution is -2.27. The van der Waals surface area contributed by atoms with Crippen LogP contribution in [0.15, 0.2) is 58.1 Å². The molecular formula is C21H20N4O2. The molecule has 0 radical (unpaired) electrons. The lowest BCUT2D eigenvalue weighted by atomic mass is 10.2. The van der Waals surface area contributed by atoms with Crippen molar-refractivity contribution >= 4 is 21.8 Å². The van der Waals surface area contributed by atoms with Crippen LogP contribution in [-0.4, -0.2) is 19.1 Å². The van der Waals surface area contributed by atoms with Crippen molar-refractivity contribution in [1.82, 2.24) is 19.1 Å². The molecule has 6 nitrogen and oxygen atoms in total. The number of aromatic nitrogens is 4. The van der Waals surface area contributed by atoms with Gasteiger partial charge >= 0.3 is 0 Å². The average molecular weight is 360 g/mol. The maximum atomic E-state index is 12.7. The zero-order chi connectivity index (χ0) is 19.0. The highest BCUT2D eigenvalue weighted by molar-refractivity contribution is 5.78. The van der Waals surface area contributed by atoms with Gasteiger partial charge in [0, 0.05) is 13.1 Å². The number of hydrogen-bond donors (Lipinski definition) is 0. The highest BCUT2D eigenvalue weighted by atomic mass is 16.1. The second-order valence-corrected chi connectivity index (χ2v) is 6.62. The first kappa shape index (κ1) is 17.1. The third-order valence-corrected chi connectivity index (χ3v) is 4.87. The van der Waals surface area contributed by atoms with Crippen LogP contribution in [0, 0.1) is 13.8 Å². The zero-order valence-corrected chi connectivity index (χ0v) is 15.3. The Labute approximate surface area is 155 Å². The fourth-order valence-corrected chi connectivity index (χ4v) is 3.47. The summed E-state index contributed by atoms with van der Waals surface area (Å²) in [7, 11) is 0. The standard InChI is InChI=1S/C21H20N4O2/c1-14-22-18-10-5-3-8-16(18)20(26)24(14)12-7-13-25-15(2)23-19-11-6-4-9-17(19)21(25)27/h3-6,8-11H,7,12-13H2,1-2H3. The minimum absolute atomic E-state index is 0.0428. The van der Waals surface area contributed by atoms with Crippen molar-refractivity contribution in [3.8, 4) is 0 Å². The first-order valence-corrected chi connectivity index (χ1v) is 8.98. The van der Waals surface area contributed by atoms with Crippen molar-refractivity contribution in [2.75, 3.05) is 0 Å².